The predicted molar refractivity (Wildman–Crippen MR) is 240 cm³/mol. The first-order valence-electron chi connectivity index (χ1n) is 19.7. The van der Waals surface area contributed by atoms with Crippen molar-refractivity contribution < 1.29 is 0 Å². The standard InChI is InChI=1S/C52H40N4Si/c1-37-29-31-41(32-30-37)56-48-28-15-14-27-46(48)47-34-33-45(36-49(47)56)57(42-22-10-4-11-23-42,43-24-12-5-13-25-43)44-26-16-21-40(35-44)52-54-50(38-17-6-2-7-18-38)53-51(55-52)39-19-8-3-9-20-39/h2-29,31-37H,30H2,1H3. The highest BCUT2D eigenvalue weighted by Crippen LogP contribution is 2.34. The first kappa shape index (κ1) is 34.5. The molecule has 1 unspecified atom stereocenters. The van der Waals surface area contributed by atoms with Crippen molar-refractivity contribution in [2.75, 3.05) is 0 Å². The van der Waals surface area contributed by atoms with Gasteiger partial charge in [-0.1, -0.05) is 195 Å². The van der Waals surface area contributed by atoms with Crippen LogP contribution in [0.25, 0.3) is 61.7 Å². The molecule has 0 amide bonds. The lowest BCUT2D eigenvalue weighted by atomic mass is 10.0. The third kappa shape index (κ3) is 6.13. The van der Waals surface area contributed by atoms with Crippen LogP contribution in [0.1, 0.15) is 13.3 Å². The van der Waals surface area contributed by atoms with Crippen LogP contribution in [0.15, 0.2) is 206 Å². The van der Waals surface area contributed by atoms with Crippen molar-refractivity contribution in [3.63, 3.8) is 0 Å². The molecule has 0 saturated carbocycles. The number of aromatic nitrogens is 4. The SMILES string of the molecule is CC1C=CC(n2c3ccccc3c3ccc([Si](c4ccccc4)(c4ccccc4)c4cccc(-c5nc(-c6ccccc6)nc(-c6ccccc6)n5)c4)cc32)=CC1. The molecule has 57 heavy (non-hydrogen) atoms. The number of fused-ring (bicyclic) bond motifs is 3. The Morgan fingerprint density at radius 2 is 0.947 bits per heavy atom. The highest BCUT2D eigenvalue weighted by atomic mass is 28.3. The van der Waals surface area contributed by atoms with Crippen LogP contribution >= 0.6 is 0 Å². The molecule has 4 nitrogen and oxygen atoms in total. The molecule has 9 aromatic rings. The molecular formula is C52H40N4Si. The van der Waals surface area contributed by atoms with Crippen LogP contribution in [0.4, 0.5) is 0 Å². The number of rotatable bonds is 8. The number of hydrogen-bond donors (Lipinski definition) is 0. The summed E-state index contributed by atoms with van der Waals surface area (Å²) in [4.78, 5) is 15.3. The highest BCUT2D eigenvalue weighted by Gasteiger charge is 2.42. The molecule has 0 aliphatic heterocycles. The molecular weight excluding hydrogens is 709 g/mol. The molecule has 272 valence electrons. The van der Waals surface area contributed by atoms with E-state index in [1.54, 1.807) is 0 Å². The van der Waals surface area contributed by atoms with E-state index in [1.165, 1.54) is 48.2 Å². The van der Waals surface area contributed by atoms with Gasteiger partial charge in [-0.15, -0.1) is 0 Å². The normalized spacial score (nSPS) is 14.2. The molecule has 0 spiro atoms. The number of hydrogen-bond acceptors (Lipinski definition) is 3. The molecule has 1 aliphatic carbocycles. The highest BCUT2D eigenvalue weighted by molar-refractivity contribution is 7.20. The molecule has 1 aliphatic rings. The molecule has 0 bridgehead atoms. The first-order chi connectivity index (χ1) is 28.2. The topological polar surface area (TPSA) is 43.6 Å². The summed E-state index contributed by atoms with van der Waals surface area (Å²) in [6, 6.07) is 67.7. The van der Waals surface area contributed by atoms with Gasteiger partial charge in [0.25, 0.3) is 0 Å². The maximum absolute atomic E-state index is 5.15. The van der Waals surface area contributed by atoms with Gasteiger partial charge in [-0.25, -0.2) is 15.0 Å². The Balaban J connectivity index is 1.25. The van der Waals surface area contributed by atoms with Crippen molar-refractivity contribution in [1.29, 1.82) is 0 Å². The van der Waals surface area contributed by atoms with Gasteiger partial charge >= 0.3 is 0 Å². The monoisotopic (exact) mass is 748 g/mol. The summed E-state index contributed by atoms with van der Waals surface area (Å²) >= 11 is 0. The number of allylic oxidation sites excluding steroid dienone is 4. The van der Waals surface area contributed by atoms with Gasteiger partial charge < -0.3 is 4.57 Å². The second-order valence-electron chi connectivity index (χ2n) is 14.9. The van der Waals surface area contributed by atoms with Crippen LogP contribution in [0.5, 0.6) is 0 Å². The molecule has 0 saturated heterocycles. The zero-order valence-electron chi connectivity index (χ0n) is 31.7. The molecule has 2 aromatic heterocycles. The minimum absolute atomic E-state index is 0.526. The van der Waals surface area contributed by atoms with E-state index in [1.807, 2.05) is 36.4 Å². The van der Waals surface area contributed by atoms with Crippen molar-refractivity contribution in [2.24, 2.45) is 5.92 Å². The van der Waals surface area contributed by atoms with Crippen LogP contribution in [0, 0.1) is 5.92 Å². The Bertz CT molecular complexity index is 2840. The fourth-order valence-corrected chi connectivity index (χ4v) is 13.4. The Morgan fingerprint density at radius 1 is 0.456 bits per heavy atom. The molecule has 0 N–H and O–H groups in total. The fourth-order valence-electron chi connectivity index (χ4n) is 8.57. The van der Waals surface area contributed by atoms with Gasteiger partial charge in [0.2, 0.25) is 0 Å². The molecule has 0 radical (unpaired) electrons. The summed E-state index contributed by atoms with van der Waals surface area (Å²) in [7, 11) is -2.99. The summed E-state index contributed by atoms with van der Waals surface area (Å²) in [5, 5.41) is 7.71. The Kier molecular flexibility index (Phi) is 8.85. The fraction of sp³-hybridized carbons (Fsp3) is 0.0577. The quantitative estimate of drug-likeness (QED) is 0.115. The zero-order valence-corrected chi connectivity index (χ0v) is 32.7. The van der Waals surface area contributed by atoms with Gasteiger partial charge in [-0.3, -0.25) is 0 Å². The summed E-state index contributed by atoms with van der Waals surface area (Å²) < 4.78 is 2.48. The van der Waals surface area contributed by atoms with E-state index in [4.69, 9.17) is 15.0 Å². The second kappa shape index (κ2) is 14.6. The van der Waals surface area contributed by atoms with Gasteiger partial charge in [-0.05, 0) is 51.3 Å². The number of para-hydroxylation sites is 1. The van der Waals surface area contributed by atoms with E-state index in [0.29, 0.717) is 23.4 Å². The van der Waals surface area contributed by atoms with Gasteiger partial charge in [0.15, 0.2) is 25.5 Å². The van der Waals surface area contributed by atoms with Crippen molar-refractivity contribution in [3.8, 4) is 34.2 Å². The molecule has 0 fully saturated rings. The Labute approximate surface area is 334 Å². The van der Waals surface area contributed by atoms with Crippen molar-refractivity contribution in [1.82, 2.24) is 19.5 Å². The summed E-state index contributed by atoms with van der Waals surface area (Å²) in [5.74, 6) is 2.48. The smallest absolute Gasteiger partial charge is 0.179 e. The van der Waals surface area contributed by atoms with Crippen molar-refractivity contribution in [2.45, 2.75) is 13.3 Å². The van der Waals surface area contributed by atoms with Crippen LogP contribution in [0.2, 0.25) is 0 Å². The van der Waals surface area contributed by atoms with Crippen molar-refractivity contribution in [3.05, 3.63) is 206 Å². The number of benzene rings is 7. The van der Waals surface area contributed by atoms with Gasteiger partial charge in [0.05, 0.1) is 11.0 Å². The van der Waals surface area contributed by atoms with Crippen LogP contribution < -0.4 is 20.7 Å². The Morgan fingerprint density at radius 3 is 1.54 bits per heavy atom. The van der Waals surface area contributed by atoms with Crippen LogP contribution in [0.3, 0.4) is 0 Å². The summed E-state index contributed by atoms with van der Waals surface area (Å²) in [6.07, 6.45) is 8.06. The maximum atomic E-state index is 5.15. The lowest BCUT2D eigenvalue weighted by Crippen LogP contribution is -2.74. The zero-order chi connectivity index (χ0) is 38.2. The van der Waals surface area contributed by atoms with E-state index in [9.17, 15) is 0 Å². The van der Waals surface area contributed by atoms with Gasteiger partial charge in [-0.2, -0.15) is 0 Å². The van der Waals surface area contributed by atoms with E-state index in [-0.39, 0.29) is 0 Å². The lowest BCUT2D eigenvalue weighted by Gasteiger charge is -2.35. The minimum Gasteiger partial charge on any atom is -0.310 e. The van der Waals surface area contributed by atoms with E-state index >= 15 is 0 Å². The van der Waals surface area contributed by atoms with E-state index in [2.05, 4.69) is 181 Å². The van der Waals surface area contributed by atoms with Crippen molar-refractivity contribution >= 4 is 56.3 Å². The average Bonchev–Trinajstić information content (AvgIpc) is 3.62. The largest absolute Gasteiger partial charge is 0.310 e. The molecule has 1 atom stereocenters. The van der Waals surface area contributed by atoms with Gasteiger partial charge in [0, 0.05) is 33.2 Å². The Hall–Kier alpha value is -6.95. The number of nitrogens with zero attached hydrogens (tertiary/aromatic N) is 4. The predicted octanol–water partition coefficient (Wildman–Crippen LogP) is 9.79. The third-order valence-corrected chi connectivity index (χ3v) is 16.1. The average molecular weight is 749 g/mol. The van der Waals surface area contributed by atoms with Crippen LogP contribution in [-0.4, -0.2) is 27.6 Å². The lowest BCUT2D eigenvalue weighted by molar-refractivity contribution is 0.735. The van der Waals surface area contributed by atoms with E-state index in [0.717, 1.165) is 23.1 Å². The summed E-state index contributed by atoms with van der Waals surface area (Å²) in [6.45, 7) is 2.28. The summed E-state index contributed by atoms with van der Waals surface area (Å²) in [5.41, 5.74) is 6.53. The molecule has 7 aromatic carbocycles. The second-order valence-corrected chi connectivity index (χ2v) is 18.7. The van der Waals surface area contributed by atoms with Crippen LogP contribution in [-0.2, 0) is 0 Å². The van der Waals surface area contributed by atoms with E-state index < -0.39 is 8.07 Å². The first-order valence-corrected chi connectivity index (χ1v) is 21.7. The maximum Gasteiger partial charge on any atom is 0.179 e. The molecule has 10 rings (SSSR count). The third-order valence-electron chi connectivity index (χ3n) is 11.3. The minimum atomic E-state index is -2.99. The van der Waals surface area contributed by atoms with Gasteiger partial charge in [0.1, 0.15) is 0 Å². The molecule has 2 heterocycles. The molecule has 5 heteroatoms.